The van der Waals surface area contributed by atoms with E-state index in [0.717, 1.165) is 0 Å². The molecule has 0 atom stereocenters. The molecule has 0 aliphatic heterocycles. The van der Waals surface area contributed by atoms with E-state index in [2.05, 4.69) is 0 Å². The summed E-state index contributed by atoms with van der Waals surface area (Å²) in [4.78, 5) is 0. The second kappa shape index (κ2) is 3.28. The maximum Gasteiger partial charge on any atom is 2.00 e. The fourth-order valence-electron chi connectivity index (χ4n) is 0. The van der Waals surface area contributed by atoms with Crippen LogP contribution in [0.25, 0.3) is 0 Å². The molecule has 0 fully saturated rings. The Balaban J connectivity index is -0.000000180. The Morgan fingerprint density at radius 3 is 0.333 bits per heavy atom. The van der Waals surface area contributed by atoms with Gasteiger partial charge in [0.2, 0.25) is 0 Å². The largest absolute Gasteiger partial charge is 2.00 e. The zero-order valence-corrected chi connectivity index (χ0v) is 11.4. The second-order valence-electron chi connectivity index (χ2n) is 1.92. The van der Waals surface area contributed by atoms with Crippen LogP contribution in [0.2, 0.25) is 0 Å². The van der Waals surface area contributed by atoms with E-state index in [-0.39, 0.29) is 45.5 Å². The SMILES string of the molecule is F[P-](F)(F)(F)(F)F.F[P-](F)(F)(F)(F)F.[Sr+2]. The molecule has 15 heteroatoms. The molecule has 0 aromatic rings. The molecule has 0 aliphatic carbocycles. The van der Waals surface area contributed by atoms with Gasteiger partial charge in [0.25, 0.3) is 0 Å². The van der Waals surface area contributed by atoms with E-state index in [1.807, 2.05) is 0 Å². The monoisotopic (exact) mass is 378 g/mol. The molecule has 96 valence electrons. The third kappa shape index (κ3) is 1250. The molecule has 0 saturated carbocycles. The molecule has 0 saturated heterocycles. The summed E-state index contributed by atoms with van der Waals surface area (Å²) in [5.74, 6) is 0. The molecule has 0 bridgehead atoms. The number of hydrogen-bond donors (Lipinski definition) is 0. The van der Waals surface area contributed by atoms with E-state index in [0.29, 0.717) is 0 Å². The summed E-state index contributed by atoms with van der Waals surface area (Å²) >= 11 is 0. The van der Waals surface area contributed by atoms with Crippen molar-refractivity contribution in [2.75, 3.05) is 0 Å². The van der Waals surface area contributed by atoms with E-state index in [1.165, 1.54) is 0 Å². The molecule has 0 amide bonds. The Kier molecular flexibility index (Phi) is 4.76. The van der Waals surface area contributed by atoms with Gasteiger partial charge >= 0.3 is 111 Å². The van der Waals surface area contributed by atoms with E-state index in [4.69, 9.17) is 0 Å². The predicted molar refractivity (Wildman–Crippen MR) is 32.9 cm³/mol. The number of rotatable bonds is 0. The Labute approximate surface area is 111 Å². The summed E-state index contributed by atoms with van der Waals surface area (Å²) in [7, 11) is -21.3. The van der Waals surface area contributed by atoms with Crippen LogP contribution in [0.1, 0.15) is 0 Å². The third-order valence-corrected chi connectivity index (χ3v) is 0. The summed E-state index contributed by atoms with van der Waals surface area (Å²) in [6, 6.07) is 0. The Morgan fingerprint density at radius 2 is 0.333 bits per heavy atom. The topological polar surface area (TPSA) is 0 Å². The van der Waals surface area contributed by atoms with E-state index in [9.17, 15) is 50.4 Å². The van der Waals surface area contributed by atoms with Crippen molar-refractivity contribution in [1.29, 1.82) is 0 Å². The van der Waals surface area contributed by atoms with Crippen LogP contribution in [0, 0.1) is 0 Å². The summed E-state index contributed by atoms with van der Waals surface area (Å²) in [6.45, 7) is 0. The molecule has 0 unspecified atom stereocenters. The van der Waals surface area contributed by atoms with Gasteiger partial charge in [0.15, 0.2) is 0 Å². The van der Waals surface area contributed by atoms with Crippen LogP contribution in [0.5, 0.6) is 0 Å². The molecule has 0 radical (unpaired) electrons. The van der Waals surface area contributed by atoms with Crippen molar-refractivity contribution < 1.29 is 50.4 Å². The fourth-order valence-corrected chi connectivity index (χ4v) is 0. The Hall–Kier alpha value is 1.50. The average molecular weight is 378 g/mol. The first-order chi connectivity index (χ1) is 4.90. The predicted octanol–water partition coefficient (Wildman–Crippen LogP) is 6.38. The first-order valence-corrected chi connectivity index (χ1v) is 6.09. The molecule has 0 rings (SSSR count). The van der Waals surface area contributed by atoms with Crippen molar-refractivity contribution in [2.24, 2.45) is 0 Å². The second-order valence-corrected chi connectivity index (χ2v) is 5.75. The van der Waals surface area contributed by atoms with Crippen LogP contribution in [0.3, 0.4) is 0 Å². The molecular formula is F12P2Sr. The fraction of sp³-hybridized carbons (Fsp3) is 0. The summed E-state index contributed by atoms with van der Waals surface area (Å²) in [5, 5.41) is 0. The molecular weight excluding hydrogens is 378 g/mol. The van der Waals surface area contributed by atoms with Crippen LogP contribution in [0.15, 0.2) is 0 Å². The maximum absolute atomic E-state index is 10.7. The summed E-state index contributed by atoms with van der Waals surface area (Å²) in [5.41, 5.74) is 0. The number of hydrogen-bond acceptors (Lipinski definition) is 0. The molecule has 0 spiro atoms. The summed E-state index contributed by atoms with van der Waals surface area (Å²) in [6.07, 6.45) is 0. The van der Waals surface area contributed by atoms with E-state index in [1.54, 1.807) is 0 Å². The standard InChI is InChI=1S/2F6P.Sr/c2*1-7(2,3,4,5)6;/q2*-1;+2. The zero-order valence-electron chi connectivity index (χ0n) is 6.14. The van der Waals surface area contributed by atoms with Crippen molar-refractivity contribution in [1.82, 2.24) is 0 Å². The van der Waals surface area contributed by atoms with Crippen molar-refractivity contribution in [3.8, 4) is 0 Å². The Morgan fingerprint density at radius 1 is 0.333 bits per heavy atom. The van der Waals surface area contributed by atoms with Gasteiger partial charge in [0.05, 0.1) is 0 Å². The van der Waals surface area contributed by atoms with E-state index >= 15 is 0 Å². The van der Waals surface area contributed by atoms with Gasteiger partial charge in [-0.1, -0.05) is 0 Å². The van der Waals surface area contributed by atoms with Gasteiger partial charge in [-0.25, -0.2) is 0 Å². The van der Waals surface area contributed by atoms with Crippen molar-refractivity contribution in [3.05, 3.63) is 0 Å². The van der Waals surface area contributed by atoms with Crippen molar-refractivity contribution >= 4 is 61.1 Å². The van der Waals surface area contributed by atoms with Crippen LogP contribution in [-0.2, 0) is 0 Å². The van der Waals surface area contributed by atoms with Gasteiger partial charge in [0, 0.05) is 0 Å². The molecule has 0 heterocycles. The average Bonchev–Trinajstić information content (AvgIpc) is 0.938. The smallest absolute Gasteiger partial charge is 2.00 e. The molecule has 0 aliphatic rings. The van der Waals surface area contributed by atoms with Crippen LogP contribution in [0.4, 0.5) is 50.4 Å². The minimum Gasteiger partial charge on any atom is 2.00 e. The van der Waals surface area contributed by atoms with Gasteiger partial charge < -0.3 is 0 Å². The van der Waals surface area contributed by atoms with E-state index < -0.39 is 15.6 Å². The van der Waals surface area contributed by atoms with Gasteiger partial charge in [-0.15, -0.1) is 0 Å². The van der Waals surface area contributed by atoms with Crippen molar-refractivity contribution in [3.63, 3.8) is 0 Å². The Bertz CT molecular complexity index is 161. The van der Waals surface area contributed by atoms with Crippen LogP contribution < -0.4 is 0 Å². The van der Waals surface area contributed by atoms with Gasteiger partial charge in [0.1, 0.15) is 0 Å². The quantitative estimate of drug-likeness (QED) is 0.261. The minimum absolute atomic E-state index is 0. The first-order valence-electron chi connectivity index (χ1n) is 2.03. The van der Waals surface area contributed by atoms with Gasteiger partial charge in [-0.3, -0.25) is 0 Å². The number of halogens is 12. The molecule has 0 aromatic carbocycles. The normalized spacial score (nSPS) is 21.6. The molecule has 0 aromatic heterocycles. The molecule has 0 nitrogen and oxygen atoms in total. The molecule has 15 heavy (non-hydrogen) atoms. The van der Waals surface area contributed by atoms with Gasteiger partial charge in [-0.05, 0) is 0 Å². The first kappa shape index (κ1) is 21.8. The molecule has 0 N–H and O–H groups in total. The van der Waals surface area contributed by atoms with Crippen molar-refractivity contribution in [2.45, 2.75) is 0 Å². The summed E-state index contributed by atoms with van der Waals surface area (Å²) < 4.78 is 118. The maximum atomic E-state index is 9.87. The third-order valence-electron chi connectivity index (χ3n) is 0. The van der Waals surface area contributed by atoms with Gasteiger partial charge in [-0.2, -0.15) is 0 Å². The van der Waals surface area contributed by atoms with Crippen LogP contribution in [-0.4, -0.2) is 45.5 Å². The van der Waals surface area contributed by atoms with Crippen LogP contribution >= 0.6 is 15.6 Å². The minimum atomic E-state index is -10.7. The zero-order chi connectivity index (χ0) is 12.8.